The molecule has 0 aliphatic heterocycles. The molecule has 1 nitrogen and oxygen atoms in total. The molecule has 0 radical (unpaired) electrons. The number of benzene rings is 1. The Morgan fingerprint density at radius 1 is 0.957 bits per heavy atom. The summed E-state index contributed by atoms with van der Waals surface area (Å²) in [6.45, 7) is 4.43. The lowest BCUT2D eigenvalue weighted by Crippen LogP contribution is -1.94. The van der Waals surface area contributed by atoms with E-state index in [2.05, 4.69) is 32.1 Å². The molecule has 1 heterocycles. The Labute approximate surface area is 144 Å². The number of allylic oxidation sites excluding steroid dienone is 1. The van der Waals surface area contributed by atoms with Crippen LogP contribution < -0.4 is 0 Å². The lowest BCUT2D eigenvalue weighted by Gasteiger charge is -2.13. The molecule has 2 heteroatoms. The molecule has 122 valence electrons. The second-order valence-electron chi connectivity index (χ2n) is 6.33. The molecule has 23 heavy (non-hydrogen) atoms. The van der Waals surface area contributed by atoms with Crippen LogP contribution >= 0.6 is 11.6 Å². The van der Waals surface area contributed by atoms with Crippen molar-refractivity contribution in [1.29, 1.82) is 0 Å². The van der Waals surface area contributed by atoms with Crippen molar-refractivity contribution in [3.8, 4) is 11.3 Å². The van der Waals surface area contributed by atoms with Crippen molar-refractivity contribution in [1.82, 2.24) is 0 Å². The quantitative estimate of drug-likeness (QED) is 0.584. The summed E-state index contributed by atoms with van der Waals surface area (Å²) in [6, 6.07) is 7.97. The van der Waals surface area contributed by atoms with Crippen LogP contribution in [0.5, 0.6) is 0 Å². The lowest BCUT2D eigenvalue weighted by molar-refractivity contribution is 0.560. The van der Waals surface area contributed by atoms with Crippen LogP contribution in [0.25, 0.3) is 17.4 Å². The molecule has 1 fully saturated rings. The smallest absolute Gasteiger partial charge is 0.138 e. The summed E-state index contributed by atoms with van der Waals surface area (Å²) >= 11 is 6.03. The fraction of sp³-hybridized carbons (Fsp3) is 0.429. The van der Waals surface area contributed by atoms with Crippen molar-refractivity contribution in [3.63, 3.8) is 0 Å². The van der Waals surface area contributed by atoms with Crippen LogP contribution in [0.1, 0.15) is 62.8 Å². The minimum absolute atomic E-state index is 0.763. The van der Waals surface area contributed by atoms with Gasteiger partial charge in [0, 0.05) is 21.7 Å². The fourth-order valence-corrected chi connectivity index (χ4v) is 3.69. The molecule has 0 atom stereocenters. The average molecular weight is 329 g/mol. The summed E-state index contributed by atoms with van der Waals surface area (Å²) in [4.78, 5) is 0. The molecular formula is C21H25ClO. The predicted molar refractivity (Wildman–Crippen MR) is 99.0 cm³/mol. The maximum Gasteiger partial charge on any atom is 0.138 e. The molecule has 0 saturated heterocycles. The van der Waals surface area contributed by atoms with Gasteiger partial charge in [-0.15, -0.1) is 0 Å². The van der Waals surface area contributed by atoms with E-state index >= 15 is 0 Å². The van der Waals surface area contributed by atoms with Gasteiger partial charge in [-0.2, -0.15) is 0 Å². The van der Waals surface area contributed by atoms with Crippen molar-refractivity contribution in [2.45, 2.75) is 58.8 Å². The normalized spacial score (nSPS) is 15.0. The molecule has 0 spiro atoms. The maximum atomic E-state index is 6.34. The second kappa shape index (κ2) is 7.40. The number of halogens is 1. The van der Waals surface area contributed by atoms with E-state index in [4.69, 9.17) is 16.0 Å². The van der Waals surface area contributed by atoms with E-state index in [1.807, 2.05) is 12.1 Å². The largest absolute Gasteiger partial charge is 0.456 e. The van der Waals surface area contributed by atoms with E-state index < -0.39 is 0 Å². The Bertz CT molecular complexity index is 683. The topological polar surface area (TPSA) is 13.1 Å². The number of rotatable bonds is 4. The minimum Gasteiger partial charge on any atom is -0.456 e. The number of hydrogen-bond acceptors (Lipinski definition) is 1. The van der Waals surface area contributed by atoms with Crippen molar-refractivity contribution in [2.75, 3.05) is 0 Å². The molecule has 1 aromatic carbocycles. The highest BCUT2D eigenvalue weighted by Crippen LogP contribution is 2.35. The van der Waals surface area contributed by atoms with Crippen LogP contribution in [-0.2, 0) is 12.8 Å². The summed E-state index contributed by atoms with van der Waals surface area (Å²) in [5.74, 6) is 2.09. The Balaban J connectivity index is 2.05. The molecule has 3 rings (SSSR count). The van der Waals surface area contributed by atoms with Gasteiger partial charge in [-0.25, -0.2) is 0 Å². The molecule has 1 saturated carbocycles. The first-order valence-corrected chi connectivity index (χ1v) is 9.20. The Kier molecular flexibility index (Phi) is 5.27. The van der Waals surface area contributed by atoms with Gasteiger partial charge in [0.1, 0.15) is 11.5 Å². The van der Waals surface area contributed by atoms with Gasteiger partial charge in [-0.05, 0) is 68.9 Å². The summed E-state index contributed by atoms with van der Waals surface area (Å²) in [5.41, 5.74) is 5.38. The third-order valence-corrected chi connectivity index (χ3v) is 5.04. The van der Waals surface area contributed by atoms with Crippen LogP contribution in [0.4, 0.5) is 0 Å². The third kappa shape index (κ3) is 3.55. The van der Waals surface area contributed by atoms with Gasteiger partial charge in [0.2, 0.25) is 0 Å². The zero-order valence-corrected chi connectivity index (χ0v) is 14.9. The van der Waals surface area contributed by atoms with E-state index in [9.17, 15) is 0 Å². The Hall–Kier alpha value is -1.47. The lowest BCUT2D eigenvalue weighted by atomic mass is 9.93. The second-order valence-corrected chi connectivity index (χ2v) is 6.77. The standard InChI is InChI=1S/C21H25ClO/c1-3-18-19(4-2)21(16-10-12-17(22)13-11-16)23-20(18)14-15-8-6-5-7-9-15/h10-14H,3-9H2,1-2H3. The summed E-state index contributed by atoms with van der Waals surface area (Å²) in [7, 11) is 0. The van der Waals surface area contributed by atoms with Crippen LogP contribution in [0.15, 0.2) is 34.3 Å². The zero-order chi connectivity index (χ0) is 16.2. The molecule has 0 amide bonds. The van der Waals surface area contributed by atoms with E-state index in [0.29, 0.717) is 0 Å². The summed E-state index contributed by atoms with van der Waals surface area (Å²) < 4.78 is 6.34. The first kappa shape index (κ1) is 16.4. The van der Waals surface area contributed by atoms with E-state index in [-0.39, 0.29) is 0 Å². The monoisotopic (exact) mass is 328 g/mol. The Morgan fingerprint density at radius 3 is 2.22 bits per heavy atom. The minimum atomic E-state index is 0.763. The highest BCUT2D eigenvalue weighted by Gasteiger charge is 2.18. The van der Waals surface area contributed by atoms with Crippen LogP contribution in [0.2, 0.25) is 5.02 Å². The zero-order valence-electron chi connectivity index (χ0n) is 14.1. The molecule has 1 aromatic heterocycles. The van der Waals surface area contributed by atoms with Gasteiger partial charge in [-0.1, -0.05) is 37.4 Å². The number of hydrogen-bond donors (Lipinski definition) is 0. The van der Waals surface area contributed by atoms with E-state index in [1.165, 1.54) is 43.2 Å². The van der Waals surface area contributed by atoms with Crippen molar-refractivity contribution in [3.05, 3.63) is 51.7 Å². The van der Waals surface area contributed by atoms with Gasteiger partial charge in [0.05, 0.1) is 0 Å². The van der Waals surface area contributed by atoms with Crippen molar-refractivity contribution >= 4 is 17.7 Å². The van der Waals surface area contributed by atoms with Gasteiger partial charge in [0.15, 0.2) is 0 Å². The van der Waals surface area contributed by atoms with Crippen molar-refractivity contribution in [2.24, 2.45) is 0 Å². The average Bonchev–Trinajstić information content (AvgIpc) is 2.93. The van der Waals surface area contributed by atoms with Crippen LogP contribution in [0, 0.1) is 0 Å². The van der Waals surface area contributed by atoms with E-state index in [1.54, 1.807) is 5.57 Å². The highest BCUT2D eigenvalue weighted by atomic mass is 35.5. The van der Waals surface area contributed by atoms with Gasteiger partial charge >= 0.3 is 0 Å². The third-order valence-electron chi connectivity index (χ3n) is 4.79. The van der Waals surface area contributed by atoms with Gasteiger partial charge in [-0.3, -0.25) is 0 Å². The molecule has 0 bridgehead atoms. The van der Waals surface area contributed by atoms with Crippen LogP contribution in [-0.4, -0.2) is 0 Å². The molecule has 0 unspecified atom stereocenters. The predicted octanol–water partition coefficient (Wildman–Crippen LogP) is 7.07. The molecule has 1 aliphatic rings. The molecule has 2 aromatic rings. The van der Waals surface area contributed by atoms with Gasteiger partial charge in [0.25, 0.3) is 0 Å². The fourth-order valence-electron chi connectivity index (χ4n) is 3.57. The highest BCUT2D eigenvalue weighted by molar-refractivity contribution is 6.30. The van der Waals surface area contributed by atoms with Crippen LogP contribution in [0.3, 0.4) is 0 Å². The number of furan rings is 1. The summed E-state index contributed by atoms with van der Waals surface area (Å²) in [5, 5.41) is 0.763. The first-order valence-electron chi connectivity index (χ1n) is 8.82. The van der Waals surface area contributed by atoms with E-state index in [0.717, 1.165) is 34.9 Å². The van der Waals surface area contributed by atoms with Crippen molar-refractivity contribution < 1.29 is 4.42 Å². The SMILES string of the molecule is CCc1c(C=C2CCCCC2)oc(-c2ccc(Cl)cc2)c1CC. The van der Waals surface area contributed by atoms with Gasteiger partial charge < -0.3 is 4.42 Å². The maximum absolute atomic E-state index is 6.34. The molecule has 0 N–H and O–H groups in total. The Morgan fingerprint density at radius 2 is 1.61 bits per heavy atom. The summed E-state index contributed by atoms with van der Waals surface area (Å²) in [6.07, 6.45) is 10.8. The first-order chi connectivity index (χ1) is 11.2. The molecular weight excluding hydrogens is 304 g/mol. The molecule has 1 aliphatic carbocycles.